The van der Waals surface area contributed by atoms with E-state index in [0.29, 0.717) is 0 Å². The van der Waals surface area contributed by atoms with Crippen LogP contribution >= 0.6 is 0 Å². The number of hydrogen-bond donors (Lipinski definition) is 2. The number of aliphatic carboxylic acids is 1. The smallest absolute Gasteiger partial charge is 0.414 e. The van der Waals surface area contributed by atoms with Crippen molar-refractivity contribution in [3.8, 4) is 0 Å². The van der Waals surface area contributed by atoms with Crippen LogP contribution in [-0.2, 0) is 9.53 Å². The van der Waals surface area contributed by atoms with Gasteiger partial charge in [0.05, 0.1) is 6.61 Å². The van der Waals surface area contributed by atoms with Gasteiger partial charge in [0.1, 0.15) is 6.04 Å². The van der Waals surface area contributed by atoms with Gasteiger partial charge < -0.3 is 15.2 Å². The van der Waals surface area contributed by atoms with Crippen LogP contribution in [0.25, 0.3) is 0 Å². The molecule has 0 aliphatic carbocycles. The largest absolute Gasteiger partial charge is 0.480 e. The lowest BCUT2D eigenvalue weighted by atomic mass is 10.2. The second-order valence-corrected chi connectivity index (χ2v) is 3.73. The number of carboxylic acids is 1. The summed E-state index contributed by atoms with van der Waals surface area (Å²) in [4.78, 5) is 10.7. The third-order valence-electron chi connectivity index (χ3n) is 1.81. The summed E-state index contributed by atoms with van der Waals surface area (Å²) in [6.07, 6.45) is -6.44. The van der Waals surface area contributed by atoms with Gasteiger partial charge in [-0.15, -0.1) is 0 Å². The minimum atomic E-state index is -4.47. The Balaban J connectivity index is 4.17. The Hall–Kier alpha value is -0.820. The second kappa shape index (κ2) is 6.05. The molecule has 0 saturated carbocycles. The summed E-state index contributed by atoms with van der Waals surface area (Å²) < 4.78 is 40.7. The highest BCUT2D eigenvalue weighted by Gasteiger charge is 2.37. The van der Waals surface area contributed by atoms with Crippen molar-refractivity contribution in [2.24, 2.45) is 0 Å². The molecular weight excluding hydrogens is 227 g/mol. The molecule has 0 bridgehead atoms. The summed E-state index contributed by atoms with van der Waals surface area (Å²) in [5.74, 6) is -1.23. The van der Waals surface area contributed by atoms with Gasteiger partial charge in [0, 0.05) is 6.04 Å². The number of halogens is 3. The minimum absolute atomic E-state index is 0.147. The summed E-state index contributed by atoms with van der Waals surface area (Å²) >= 11 is 0. The topological polar surface area (TPSA) is 58.6 Å². The Kier molecular flexibility index (Phi) is 5.74. The quantitative estimate of drug-likeness (QED) is 0.740. The van der Waals surface area contributed by atoms with Crippen molar-refractivity contribution >= 4 is 5.97 Å². The zero-order chi connectivity index (χ0) is 12.9. The van der Waals surface area contributed by atoms with Gasteiger partial charge in [0.2, 0.25) is 0 Å². The number of carbonyl (C=O) groups is 1. The van der Waals surface area contributed by atoms with Crippen LogP contribution in [0.1, 0.15) is 20.8 Å². The monoisotopic (exact) mass is 243 g/mol. The zero-order valence-corrected chi connectivity index (χ0v) is 9.34. The van der Waals surface area contributed by atoms with Crippen LogP contribution in [0.3, 0.4) is 0 Å². The fraction of sp³-hybridized carbons (Fsp3) is 0.889. The molecule has 0 saturated heterocycles. The fourth-order valence-corrected chi connectivity index (χ4v) is 0.928. The fourth-order valence-electron chi connectivity index (χ4n) is 0.928. The highest BCUT2D eigenvalue weighted by molar-refractivity contribution is 5.73. The predicted molar refractivity (Wildman–Crippen MR) is 51.2 cm³/mol. The number of ether oxygens (including phenoxy) is 1. The number of nitrogens with one attached hydrogen (secondary N) is 1. The van der Waals surface area contributed by atoms with Crippen LogP contribution in [0.4, 0.5) is 13.2 Å². The zero-order valence-electron chi connectivity index (χ0n) is 9.34. The average molecular weight is 243 g/mol. The lowest BCUT2D eigenvalue weighted by Crippen LogP contribution is -2.45. The number of alkyl halides is 3. The van der Waals surface area contributed by atoms with E-state index in [1.54, 1.807) is 13.8 Å². The Morgan fingerprint density at radius 1 is 1.38 bits per heavy atom. The van der Waals surface area contributed by atoms with Crippen LogP contribution < -0.4 is 5.32 Å². The average Bonchev–Trinajstić information content (AvgIpc) is 2.08. The molecular formula is C9H16F3NO3. The van der Waals surface area contributed by atoms with E-state index in [1.807, 2.05) is 0 Å². The van der Waals surface area contributed by atoms with E-state index >= 15 is 0 Å². The van der Waals surface area contributed by atoms with Crippen molar-refractivity contribution in [3.63, 3.8) is 0 Å². The van der Waals surface area contributed by atoms with Gasteiger partial charge >= 0.3 is 12.1 Å². The molecule has 0 rings (SSSR count). The van der Waals surface area contributed by atoms with Crippen molar-refractivity contribution in [2.45, 2.75) is 45.1 Å². The molecule has 0 fully saturated rings. The number of rotatable bonds is 6. The Morgan fingerprint density at radius 2 is 1.88 bits per heavy atom. The lowest BCUT2D eigenvalue weighted by molar-refractivity contribution is -0.216. The summed E-state index contributed by atoms with van der Waals surface area (Å²) in [6.45, 7) is 3.72. The molecule has 0 aromatic rings. The maximum atomic E-state index is 12.1. The van der Waals surface area contributed by atoms with Gasteiger partial charge in [0.25, 0.3) is 0 Å². The molecule has 2 N–H and O–H groups in total. The van der Waals surface area contributed by atoms with E-state index in [2.05, 4.69) is 10.1 Å². The van der Waals surface area contributed by atoms with Gasteiger partial charge in [0.15, 0.2) is 6.10 Å². The van der Waals surface area contributed by atoms with Crippen molar-refractivity contribution in [3.05, 3.63) is 0 Å². The van der Waals surface area contributed by atoms with Crippen LogP contribution in [-0.4, -0.2) is 42.0 Å². The first kappa shape index (κ1) is 15.2. The molecule has 0 spiro atoms. The van der Waals surface area contributed by atoms with Gasteiger partial charge in [-0.2, -0.15) is 13.2 Å². The molecule has 0 radical (unpaired) electrons. The first-order valence-electron chi connectivity index (χ1n) is 4.81. The van der Waals surface area contributed by atoms with E-state index in [-0.39, 0.29) is 6.04 Å². The van der Waals surface area contributed by atoms with Crippen LogP contribution in [0, 0.1) is 0 Å². The van der Waals surface area contributed by atoms with Crippen molar-refractivity contribution in [1.82, 2.24) is 5.32 Å². The summed E-state index contributed by atoms with van der Waals surface area (Å²) in [5, 5.41) is 11.3. The Morgan fingerprint density at radius 3 is 2.19 bits per heavy atom. The van der Waals surface area contributed by atoms with Gasteiger partial charge in [-0.05, 0) is 6.92 Å². The molecule has 0 aliphatic rings. The van der Waals surface area contributed by atoms with Crippen molar-refractivity contribution < 1.29 is 27.8 Å². The standard InChI is InChI=1S/C9H16F3NO3/c1-5(2)13-7(8(14)15)4-16-6(3)9(10,11)12/h5-7,13H,4H2,1-3H3,(H,14,15). The Bertz CT molecular complexity index is 231. The normalized spacial score (nSPS) is 16.2. The van der Waals surface area contributed by atoms with E-state index in [9.17, 15) is 18.0 Å². The summed E-state index contributed by atoms with van der Waals surface area (Å²) in [6, 6.07) is -1.28. The first-order chi connectivity index (χ1) is 7.14. The molecule has 96 valence electrons. The molecule has 0 aromatic carbocycles. The maximum Gasteiger partial charge on any atom is 0.414 e. The number of carboxylic acid groups (broad SMARTS) is 1. The summed E-state index contributed by atoms with van der Waals surface area (Å²) in [5.41, 5.74) is 0. The van der Waals surface area contributed by atoms with E-state index in [0.717, 1.165) is 6.92 Å². The summed E-state index contributed by atoms with van der Waals surface area (Å²) in [7, 11) is 0. The Labute approximate surface area is 91.8 Å². The molecule has 0 aliphatic heterocycles. The predicted octanol–water partition coefficient (Wildman–Crippen LogP) is 1.40. The maximum absolute atomic E-state index is 12.1. The van der Waals surface area contributed by atoms with Crippen molar-refractivity contribution in [2.75, 3.05) is 6.61 Å². The van der Waals surface area contributed by atoms with E-state index in [1.165, 1.54) is 0 Å². The van der Waals surface area contributed by atoms with E-state index < -0.39 is 30.9 Å². The lowest BCUT2D eigenvalue weighted by Gasteiger charge is -2.21. The second-order valence-electron chi connectivity index (χ2n) is 3.73. The third-order valence-corrected chi connectivity index (χ3v) is 1.81. The molecule has 0 amide bonds. The van der Waals surface area contributed by atoms with Crippen LogP contribution in [0.15, 0.2) is 0 Å². The molecule has 4 nitrogen and oxygen atoms in total. The van der Waals surface area contributed by atoms with Crippen molar-refractivity contribution in [1.29, 1.82) is 0 Å². The highest BCUT2D eigenvalue weighted by Crippen LogP contribution is 2.22. The number of hydrogen-bond acceptors (Lipinski definition) is 3. The van der Waals surface area contributed by atoms with Gasteiger partial charge in [-0.1, -0.05) is 13.8 Å². The van der Waals surface area contributed by atoms with E-state index in [4.69, 9.17) is 5.11 Å². The van der Waals surface area contributed by atoms with Crippen LogP contribution in [0.5, 0.6) is 0 Å². The molecule has 16 heavy (non-hydrogen) atoms. The molecule has 7 heteroatoms. The minimum Gasteiger partial charge on any atom is -0.480 e. The molecule has 2 unspecified atom stereocenters. The van der Waals surface area contributed by atoms with Gasteiger partial charge in [-0.25, -0.2) is 0 Å². The third kappa shape index (κ3) is 5.92. The molecule has 2 atom stereocenters. The molecule has 0 aromatic heterocycles. The van der Waals surface area contributed by atoms with Gasteiger partial charge in [-0.3, -0.25) is 4.79 Å². The molecule has 0 heterocycles. The SMILES string of the molecule is CC(C)NC(COC(C)C(F)(F)F)C(=O)O. The highest BCUT2D eigenvalue weighted by atomic mass is 19.4. The first-order valence-corrected chi connectivity index (χ1v) is 4.81. The van der Waals surface area contributed by atoms with Crippen LogP contribution in [0.2, 0.25) is 0 Å².